The number of carbonyl (C=O) groups excluding carboxylic acids is 1. The fourth-order valence-electron chi connectivity index (χ4n) is 3.39. The van der Waals surface area contributed by atoms with E-state index < -0.39 is 0 Å². The van der Waals surface area contributed by atoms with E-state index in [1.54, 1.807) is 0 Å². The second kappa shape index (κ2) is 7.74. The molecule has 2 heteroatoms. The van der Waals surface area contributed by atoms with Crippen LogP contribution < -0.4 is 0 Å². The van der Waals surface area contributed by atoms with Gasteiger partial charge in [-0.3, -0.25) is 9.69 Å². The van der Waals surface area contributed by atoms with Gasteiger partial charge in [-0.1, -0.05) is 50.1 Å². The number of ketones is 1. The van der Waals surface area contributed by atoms with Crippen LogP contribution in [0.1, 0.15) is 55.5 Å². The van der Waals surface area contributed by atoms with Crippen LogP contribution in [-0.4, -0.2) is 30.3 Å². The summed E-state index contributed by atoms with van der Waals surface area (Å²) in [6.45, 7) is 9.45. The maximum atomic E-state index is 12.4. The number of nitrogens with zero attached hydrogens (tertiary/aromatic N) is 1. The smallest absolute Gasteiger partial charge is 0.176 e. The van der Waals surface area contributed by atoms with Gasteiger partial charge in [-0.25, -0.2) is 0 Å². The van der Waals surface area contributed by atoms with Crippen LogP contribution in [0.2, 0.25) is 0 Å². The summed E-state index contributed by atoms with van der Waals surface area (Å²) in [7, 11) is 0. The molecule has 2 nitrogen and oxygen atoms in total. The van der Waals surface area contributed by atoms with Gasteiger partial charge in [-0.2, -0.15) is 0 Å². The summed E-state index contributed by atoms with van der Waals surface area (Å²) >= 11 is 0. The van der Waals surface area contributed by atoms with Crippen molar-refractivity contribution in [3.05, 3.63) is 35.4 Å². The van der Waals surface area contributed by atoms with E-state index in [-0.39, 0.29) is 5.78 Å². The van der Waals surface area contributed by atoms with Gasteiger partial charge in [0, 0.05) is 5.56 Å². The molecule has 0 aliphatic carbocycles. The average Bonchev–Trinajstić information content (AvgIpc) is 2.47. The molecule has 1 saturated heterocycles. The highest BCUT2D eigenvalue weighted by Crippen LogP contribution is 2.26. The first-order valence-corrected chi connectivity index (χ1v) is 8.42. The molecule has 21 heavy (non-hydrogen) atoms. The molecule has 0 aromatic heterocycles. The molecule has 2 atom stereocenters. The quantitative estimate of drug-likeness (QED) is 0.768. The van der Waals surface area contributed by atoms with Gasteiger partial charge in [-0.15, -0.1) is 0 Å². The van der Waals surface area contributed by atoms with Crippen molar-refractivity contribution in [3.63, 3.8) is 0 Å². The number of Topliss-reactive ketones (excluding diaryl/α,β-unsaturated/α-hetero) is 1. The highest BCUT2D eigenvalue weighted by atomic mass is 16.1. The molecule has 1 heterocycles. The summed E-state index contributed by atoms with van der Waals surface area (Å²) in [6.07, 6.45) is 5.06. The number of hydrogen-bond acceptors (Lipinski definition) is 2. The van der Waals surface area contributed by atoms with E-state index in [2.05, 4.69) is 25.7 Å². The van der Waals surface area contributed by atoms with E-state index in [1.165, 1.54) is 31.2 Å². The molecule has 1 aliphatic rings. The minimum absolute atomic E-state index is 0.260. The Balaban J connectivity index is 1.90. The Labute approximate surface area is 129 Å². The molecule has 0 saturated carbocycles. The summed E-state index contributed by atoms with van der Waals surface area (Å²) < 4.78 is 0. The molecule has 2 rings (SSSR count). The third-order valence-corrected chi connectivity index (χ3v) is 5.02. The highest BCUT2D eigenvalue weighted by molar-refractivity contribution is 5.97. The lowest BCUT2D eigenvalue weighted by Crippen LogP contribution is -2.35. The molecule has 0 radical (unpaired) electrons. The molecule has 0 N–H and O–H groups in total. The summed E-state index contributed by atoms with van der Waals surface area (Å²) in [4.78, 5) is 14.7. The van der Waals surface area contributed by atoms with Crippen LogP contribution in [0.15, 0.2) is 24.3 Å². The van der Waals surface area contributed by atoms with Crippen molar-refractivity contribution >= 4 is 5.78 Å². The molecular formula is C19H29NO. The Hall–Kier alpha value is -1.15. The van der Waals surface area contributed by atoms with E-state index in [9.17, 15) is 4.79 Å². The second-order valence-corrected chi connectivity index (χ2v) is 6.64. The van der Waals surface area contributed by atoms with Gasteiger partial charge in [0.25, 0.3) is 0 Å². The second-order valence-electron chi connectivity index (χ2n) is 6.64. The van der Waals surface area contributed by atoms with Gasteiger partial charge in [0.15, 0.2) is 5.78 Å². The van der Waals surface area contributed by atoms with Crippen LogP contribution in [0.4, 0.5) is 0 Å². The monoisotopic (exact) mass is 287 g/mol. The molecule has 0 spiro atoms. The third kappa shape index (κ3) is 4.67. The van der Waals surface area contributed by atoms with Crippen molar-refractivity contribution in [1.82, 2.24) is 4.90 Å². The van der Waals surface area contributed by atoms with Crippen molar-refractivity contribution in [2.24, 2.45) is 11.8 Å². The van der Waals surface area contributed by atoms with Gasteiger partial charge < -0.3 is 0 Å². The molecule has 1 aliphatic heterocycles. The van der Waals surface area contributed by atoms with Crippen molar-refractivity contribution in [1.29, 1.82) is 0 Å². The number of hydrogen-bond donors (Lipinski definition) is 0. The number of rotatable bonds is 4. The Morgan fingerprint density at radius 2 is 1.90 bits per heavy atom. The summed E-state index contributed by atoms with van der Waals surface area (Å²) in [5.41, 5.74) is 2.05. The van der Waals surface area contributed by atoms with E-state index >= 15 is 0 Å². The van der Waals surface area contributed by atoms with E-state index in [0.29, 0.717) is 6.54 Å². The van der Waals surface area contributed by atoms with Crippen LogP contribution in [0.5, 0.6) is 0 Å². The van der Waals surface area contributed by atoms with Gasteiger partial charge >= 0.3 is 0 Å². The van der Waals surface area contributed by atoms with Crippen molar-refractivity contribution in [3.8, 4) is 0 Å². The number of likely N-dealkylation sites (tertiary alicyclic amines) is 1. The Morgan fingerprint density at radius 1 is 1.19 bits per heavy atom. The van der Waals surface area contributed by atoms with Crippen LogP contribution in [0.25, 0.3) is 0 Å². The van der Waals surface area contributed by atoms with Gasteiger partial charge in [-0.05, 0) is 51.1 Å². The van der Waals surface area contributed by atoms with Crippen molar-refractivity contribution < 1.29 is 4.79 Å². The Morgan fingerprint density at radius 3 is 2.57 bits per heavy atom. The molecule has 0 bridgehead atoms. The maximum absolute atomic E-state index is 12.4. The van der Waals surface area contributed by atoms with Crippen LogP contribution in [0, 0.1) is 18.8 Å². The van der Waals surface area contributed by atoms with Crippen LogP contribution in [0.3, 0.4) is 0 Å². The molecule has 1 aromatic carbocycles. The maximum Gasteiger partial charge on any atom is 0.176 e. The molecule has 1 fully saturated rings. The van der Waals surface area contributed by atoms with Gasteiger partial charge in [0.05, 0.1) is 6.54 Å². The predicted octanol–water partition coefficient (Wildman–Crippen LogP) is 4.33. The van der Waals surface area contributed by atoms with Gasteiger partial charge in [0.1, 0.15) is 0 Å². The van der Waals surface area contributed by atoms with Crippen molar-refractivity contribution in [2.75, 3.05) is 19.6 Å². The zero-order chi connectivity index (χ0) is 15.2. The first-order valence-electron chi connectivity index (χ1n) is 8.42. The fourth-order valence-corrected chi connectivity index (χ4v) is 3.39. The van der Waals surface area contributed by atoms with E-state index in [1.807, 2.05) is 24.3 Å². The van der Waals surface area contributed by atoms with Crippen molar-refractivity contribution in [2.45, 2.75) is 46.5 Å². The standard InChI is InChI=1S/C19H29NO/c1-4-17-6-5-12-20(13-11-16(17)3)14-19(21)18-9-7-15(2)8-10-18/h7-10,16-17H,4-6,11-14H2,1-3H3. The molecular weight excluding hydrogens is 258 g/mol. The third-order valence-electron chi connectivity index (χ3n) is 5.02. The van der Waals surface area contributed by atoms with E-state index in [4.69, 9.17) is 0 Å². The zero-order valence-electron chi connectivity index (χ0n) is 13.8. The fraction of sp³-hybridized carbons (Fsp3) is 0.632. The number of aryl methyl sites for hydroxylation is 1. The Bertz CT molecular complexity index is 451. The minimum Gasteiger partial charge on any atom is -0.296 e. The van der Waals surface area contributed by atoms with Gasteiger partial charge in [0.2, 0.25) is 0 Å². The van der Waals surface area contributed by atoms with Crippen LogP contribution in [-0.2, 0) is 0 Å². The normalized spacial score (nSPS) is 24.3. The Kier molecular flexibility index (Phi) is 5.98. The summed E-state index contributed by atoms with van der Waals surface area (Å²) in [6, 6.07) is 7.96. The number of benzene rings is 1. The average molecular weight is 287 g/mol. The first-order chi connectivity index (χ1) is 10.1. The lowest BCUT2D eigenvalue weighted by Gasteiger charge is -2.31. The highest BCUT2D eigenvalue weighted by Gasteiger charge is 2.21. The molecule has 0 amide bonds. The summed E-state index contributed by atoms with van der Waals surface area (Å²) in [5, 5.41) is 0. The first kappa shape index (κ1) is 16.2. The zero-order valence-corrected chi connectivity index (χ0v) is 13.8. The topological polar surface area (TPSA) is 20.3 Å². The van der Waals surface area contributed by atoms with E-state index in [0.717, 1.165) is 30.5 Å². The van der Waals surface area contributed by atoms with Crippen LogP contribution >= 0.6 is 0 Å². The lowest BCUT2D eigenvalue weighted by atomic mass is 9.84. The molecule has 116 valence electrons. The lowest BCUT2D eigenvalue weighted by molar-refractivity contribution is 0.0907. The number of carbonyl (C=O) groups is 1. The molecule has 1 aromatic rings. The predicted molar refractivity (Wildman–Crippen MR) is 88.7 cm³/mol. The SMILES string of the molecule is CCC1CCCN(CC(=O)c2ccc(C)cc2)CCC1C. The molecule has 2 unspecified atom stereocenters. The minimum atomic E-state index is 0.260. The summed E-state index contributed by atoms with van der Waals surface area (Å²) in [5.74, 6) is 1.92. The largest absolute Gasteiger partial charge is 0.296 e.